The molecule has 124 valence electrons. The number of hydrogen-bond acceptors (Lipinski definition) is 3. The van der Waals surface area contributed by atoms with Gasteiger partial charge < -0.3 is 14.4 Å². The molecule has 5 nitrogen and oxygen atoms in total. The van der Waals surface area contributed by atoms with Crippen molar-refractivity contribution in [3.05, 3.63) is 84.1 Å². The first-order valence-corrected chi connectivity index (χ1v) is 7.75. The molecule has 6 heteroatoms. The lowest BCUT2D eigenvalue weighted by Gasteiger charge is -2.05. The lowest BCUT2D eigenvalue weighted by atomic mass is 10.2. The van der Waals surface area contributed by atoms with Gasteiger partial charge in [-0.2, -0.15) is 0 Å². The molecule has 2 aromatic heterocycles. The largest absolute Gasteiger partial charge is 0.351 e. The molecule has 4 aromatic rings. The minimum absolute atomic E-state index is 0.148. The van der Waals surface area contributed by atoms with Crippen molar-refractivity contribution in [1.29, 1.82) is 0 Å². The van der Waals surface area contributed by atoms with Crippen molar-refractivity contribution in [2.45, 2.75) is 6.54 Å². The summed E-state index contributed by atoms with van der Waals surface area (Å²) >= 11 is 0. The van der Waals surface area contributed by atoms with Gasteiger partial charge in [-0.25, -0.2) is 4.39 Å². The van der Waals surface area contributed by atoms with Gasteiger partial charge in [0.25, 0.3) is 5.91 Å². The Hall–Kier alpha value is -3.41. The summed E-state index contributed by atoms with van der Waals surface area (Å²) in [7, 11) is 0. The molecule has 0 aliphatic carbocycles. The number of anilines is 1. The fourth-order valence-corrected chi connectivity index (χ4v) is 2.78. The van der Waals surface area contributed by atoms with Gasteiger partial charge in [-0.15, -0.1) is 0 Å². The van der Waals surface area contributed by atoms with Crippen LogP contribution in [-0.2, 0) is 6.54 Å². The summed E-state index contributed by atoms with van der Waals surface area (Å²) in [5.74, 6) is -0.473. The minimum atomic E-state index is -0.359. The molecule has 0 spiro atoms. The van der Waals surface area contributed by atoms with Crippen LogP contribution in [0.1, 0.15) is 16.1 Å². The van der Waals surface area contributed by atoms with E-state index in [4.69, 9.17) is 4.52 Å². The zero-order valence-corrected chi connectivity index (χ0v) is 13.1. The van der Waals surface area contributed by atoms with Crippen LogP contribution in [0.2, 0.25) is 0 Å². The van der Waals surface area contributed by atoms with Crippen molar-refractivity contribution in [3.63, 3.8) is 0 Å². The van der Waals surface area contributed by atoms with E-state index in [9.17, 15) is 9.18 Å². The Bertz CT molecular complexity index is 1020. The summed E-state index contributed by atoms with van der Waals surface area (Å²) in [4.78, 5) is 12.2. The Morgan fingerprint density at radius 1 is 1.12 bits per heavy atom. The lowest BCUT2D eigenvalue weighted by molar-refractivity contribution is 0.0988. The third-order valence-electron chi connectivity index (χ3n) is 3.96. The van der Waals surface area contributed by atoms with E-state index in [1.54, 1.807) is 12.1 Å². The van der Waals surface area contributed by atoms with E-state index < -0.39 is 0 Å². The summed E-state index contributed by atoms with van der Waals surface area (Å²) < 4.78 is 20.0. The van der Waals surface area contributed by atoms with Gasteiger partial charge in [0, 0.05) is 24.2 Å². The minimum Gasteiger partial charge on any atom is -0.351 e. The zero-order chi connectivity index (χ0) is 17.2. The van der Waals surface area contributed by atoms with Crippen molar-refractivity contribution >= 4 is 22.5 Å². The first-order valence-electron chi connectivity index (χ1n) is 7.75. The van der Waals surface area contributed by atoms with Gasteiger partial charge >= 0.3 is 0 Å². The molecule has 0 saturated heterocycles. The standard InChI is InChI=1S/C19H14FN3O2/c20-14-7-5-13(6-8-14)11-23-12-16(15-3-1-2-4-17(15)23)22-19(24)18-9-10-21-25-18/h1-10,12H,11H2,(H,22,24). The smallest absolute Gasteiger partial charge is 0.294 e. The van der Waals surface area contributed by atoms with Crippen molar-refractivity contribution in [2.75, 3.05) is 5.32 Å². The summed E-state index contributed by atoms with van der Waals surface area (Å²) in [6.45, 7) is 0.568. The second-order valence-corrected chi connectivity index (χ2v) is 5.65. The van der Waals surface area contributed by atoms with E-state index in [-0.39, 0.29) is 17.5 Å². The molecule has 2 heterocycles. The SMILES string of the molecule is O=C(Nc1cn(Cc2ccc(F)cc2)c2ccccc12)c1ccno1. The maximum Gasteiger partial charge on any atom is 0.294 e. The maximum atomic E-state index is 13.1. The molecule has 1 amide bonds. The van der Waals surface area contributed by atoms with Crippen LogP contribution in [0.15, 0.2) is 71.5 Å². The van der Waals surface area contributed by atoms with Crippen LogP contribution in [0.4, 0.5) is 10.1 Å². The van der Waals surface area contributed by atoms with Gasteiger partial charge in [0.05, 0.1) is 17.4 Å². The third-order valence-corrected chi connectivity index (χ3v) is 3.96. The number of halogens is 1. The predicted octanol–water partition coefficient (Wildman–Crippen LogP) is 4.07. The zero-order valence-electron chi connectivity index (χ0n) is 13.1. The number of nitrogens with zero attached hydrogens (tertiary/aromatic N) is 2. The molecule has 0 atom stereocenters. The lowest BCUT2D eigenvalue weighted by Crippen LogP contribution is -2.10. The average Bonchev–Trinajstić information content (AvgIpc) is 3.27. The second kappa shape index (κ2) is 6.24. The highest BCUT2D eigenvalue weighted by Crippen LogP contribution is 2.27. The molecule has 0 radical (unpaired) electrons. The predicted molar refractivity (Wildman–Crippen MR) is 91.9 cm³/mol. The highest BCUT2D eigenvalue weighted by Gasteiger charge is 2.14. The van der Waals surface area contributed by atoms with Gasteiger partial charge in [0.2, 0.25) is 5.76 Å². The molecule has 0 saturated carbocycles. The first-order chi connectivity index (χ1) is 12.2. The Kier molecular flexibility index (Phi) is 3.78. The van der Waals surface area contributed by atoms with Gasteiger partial charge in [-0.3, -0.25) is 4.79 Å². The van der Waals surface area contributed by atoms with E-state index in [1.165, 1.54) is 24.4 Å². The van der Waals surface area contributed by atoms with Crippen molar-refractivity contribution < 1.29 is 13.7 Å². The van der Waals surface area contributed by atoms with E-state index >= 15 is 0 Å². The number of amides is 1. The number of rotatable bonds is 4. The molecule has 25 heavy (non-hydrogen) atoms. The second-order valence-electron chi connectivity index (χ2n) is 5.65. The van der Waals surface area contributed by atoms with Crippen LogP contribution >= 0.6 is 0 Å². The number of benzene rings is 2. The van der Waals surface area contributed by atoms with E-state index in [1.807, 2.05) is 35.0 Å². The quantitative estimate of drug-likeness (QED) is 0.611. The van der Waals surface area contributed by atoms with Crippen molar-refractivity contribution in [1.82, 2.24) is 9.72 Å². The van der Waals surface area contributed by atoms with Gasteiger partial charge in [0.1, 0.15) is 5.82 Å². The van der Waals surface area contributed by atoms with Crippen LogP contribution in [-0.4, -0.2) is 15.6 Å². The molecule has 0 unspecified atom stereocenters. The van der Waals surface area contributed by atoms with Crippen LogP contribution in [0, 0.1) is 5.82 Å². The summed E-state index contributed by atoms with van der Waals surface area (Å²) in [5, 5.41) is 7.31. The molecule has 0 aliphatic heterocycles. The molecule has 2 aromatic carbocycles. The molecule has 4 rings (SSSR count). The van der Waals surface area contributed by atoms with Gasteiger partial charge in [-0.05, 0) is 23.8 Å². The van der Waals surface area contributed by atoms with Crippen LogP contribution in [0.5, 0.6) is 0 Å². The van der Waals surface area contributed by atoms with E-state index in [0.29, 0.717) is 12.2 Å². The third kappa shape index (κ3) is 3.01. The van der Waals surface area contributed by atoms with Gasteiger partial charge in [-0.1, -0.05) is 35.5 Å². The van der Waals surface area contributed by atoms with Gasteiger partial charge in [0.15, 0.2) is 0 Å². The maximum absolute atomic E-state index is 13.1. The highest BCUT2D eigenvalue weighted by atomic mass is 19.1. The molecular formula is C19H14FN3O2. The highest BCUT2D eigenvalue weighted by molar-refractivity contribution is 6.07. The number of para-hydroxylation sites is 1. The molecule has 0 aliphatic rings. The number of aromatic nitrogens is 2. The van der Waals surface area contributed by atoms with E-state index in [0.717, 1.165) is 16.5 Å². The first kappa shape index (κ1) is 15.1. The van der Waals surface area contributed by atoms with E-state index in [2.05, 4.69) is 10.5 Å². The molecule has 0 bridgehead atoms. The summed E-state index contributed by atoms with van der Waals surface area (Å²) in [5.41, 5.74) is 2.62. The number of carbonyl (C=O) groups excluding carboxylic acids is 1. The fraction of sp³-hybridized carbons (Fsp3) is 0.0526. The monoisotopic (exact) mass is 335 g/mol. The molecule has 0 fully saturated rings. The topological polar surface area (TPSA) is 60.1 Å². The average molecular weight is 335 g/mol. The fourth-order valence-electron chi connectivity index (χ4n) is 2.78. The molecular weight excluding hydrogens is 321 g/mol. The Balaban J connectivity index is 1.68. The number of nitrogens with one attached hydrogen (secondary N) is 1. The van der Waals surface area contributed by atoms with Crippen molar-refractivity contribution in [3.8, 4) is 0 Å². The van der Waals surface area contributed by atoms with Crippen LogP contribution < -0.4 is 5.32 Å². The summed E-state index contributed by atoms with van der Waals surface area (Å²) in [6.07, 6.45) is 3.29. The number of hydrogen-bond donors (Lipinski definition) is 1. The number of fused-ring (bicyclic) bond motifs is 1. The Morgan fingerprint density at radius 3 is 2.68 bits per heavy atom. The van der Waals surface area contributed by atoms with Crippen LogP contribution in [0.3, 0.4) is 0 Å². The number of carbonyl (C=O) groups is 1. The normalized spacial score (nSPS) is 10.9. The van der Waals surface area contributed by atoms with Crippen LogP contribution in [0.25, 0.3) is 10.9 Å². The van der Waals surface area contributed by atoms with Crippen molar-refractivity contribution in [2.24, 2.45) is 0 Å². The molecule has 1 N–H and O–H groups in total. The summed E-state index contributed by atoms with van der Waals surface area (Å²) in [6, 6.07) is 15.6. The Labute approximate surface area is 142 Å². The Morgan fingerprint density at radius 2 is 1.92 bits per heavy atom.